The molecule has 1 saturated heterocycles. The van der Waals surface area contributed by atoms with Crippen LogP contribution in [0, 0.1) is 0 Å². The number of azo groups is 1. The molecular weight excluding hydrogens is 422 g/mol. The van der Waals surface area contributed by atoms with E-state index in [1.165, 1.54) is 12.1 Å². The van der Waals surface area contributed by atoms with Crippen LogP contribution in [0.2, 0.25) is 5.02 Å². The van der Waals surface area contributed by atoms with Gasteiger partial charge in [0.1, 0.15) is 16.6 Å². The van der Waals surface area contributed by atoms with Crippen LogP contribution in [0.5, 0.6) is 5.75 Å². The van der Waals surface area contributed by atoms with Gasteiger partial charge in [-0.2, -0.15) is 10.2 Å². The number of halogens is 1. The number of carboxylic acids is 1. The van der Waals surface area contributed by atoms with Crippen LogP contribution in [0.4, 0.5) is 11.4 Å². The van der Waals surface area contributed by atoms with E-state index in [0.717, 1.165) is 16.7 Å². The highest BCUT2D eigenvalue weighted by atomic mass is 35.5. The molecule has 2 aromatic carbocycles. The lowest BCUT2D eigenvalue weighted by atomic mass is 10.1. The topological polar surface area (TPSA) is 103 Å². The van der Waals surface area contributed by atoms with E-state index >= 15 is 0 Å². The van der Waals surface area contributed by atoms with Crippen molar-refractivity contribution < 1.29 is 19.8 Å². The predicted molar refractivity (Wildman–Crippen MR) is 111 cm³/mol. The van der Waals surface area contributed by atoms with Gasteiger partial charge in [-0.05, 0) is 42.5 Å². The third-order valence-electron chi connectivity index (χ3n) is 3.55. The molecule has 7 nitrogen and oxygen atoms in total. The highest BCUT2D eigenvalue weighted by Crippen LogP contribution is 2.35. The summed E-state index contributed by atoms with van der Waals surface area (Å²) in [7, 11) is 0. The van der Waals surface area contributed by atoms with Gasteiger partial charge in [0.05, 0.1) is 16.3 Å². The smallest absolute Gasteiger partial charge is 0.323 e. The maximum absolute atomic E-state index is 12.3. The number of phenolic OH excluding ortho intramolecular Hbond substituents is 1. The first kappa shape index (κ1) is 20.0. The van der Waals surface area contributed by atoms with Crippen molar-refractivity contribution in [3.63, 3.8) is 0 Å². The SMILES string of the molecule is O=C(O)CN1C(=O)/C(=C/c2cc(N=Nc3cccc(Cl)c3)ccc2O)SC1=S. The summed E-state index contributed by atoms with van der Waals surface area (Å²) >= 11 is 11.9. The van der Waals surface area contributed by atoms with Crippen molar-refractivity contribution in [3.8, 4) is 5.75 Å². The Bertz CT molecular complexity index is 1040. The van der Waals surface area contributed by atoms with Gasteiger partial charge in [0.25, 0.3) is 5.91 Å². The van der Waals surface area contributed by atoms with Crippen LogP contribution in [0.1, 0.15) is 5.56 Å². The Morgan fingerprint density at radius 2 is 1.93 bits per heavy atom. The van der Waals surface area contributed by atoms with E-state index in [9.17, 15) is 14.7 Å². The molecule has 0 aliphatic carbocycles. The molecular formula is C18H12ClN3O4S2. The summed E-state index contributed by atoms with van der Waals surface area (Å²) in [5.41, 5.74) is 1.35. The summed E-state index contributed by atoms with van der Waals surface area (Å²) < 4.78 is 0.148. The van der Waals surface area contributed by atoms with Crippen molar-refractivity contribution in [3.05, 3.63) is 58.0 Å². The molecule has 1 heterocycles. The van der Waals surface area contributed by atoms with Crippen molar-refractivity contribution in [1.82, 2.24) is 4.90 Å². The molecule has 3 rings (SSSR count). The second-order valence-corrected chi connectivity index (χ2v) is 7.70. The van der Waals surface area contributed by atoms with Crippen LogP contribution < -0.4 is 0 Å². The Kier molecular flexibility index (Phi) is 6.08. The van der Waals surface area contributed by atoms with Gasteiger partial charge in [-0.15, -0.1) is 0 Å². The van der Waals surface area contributed by atoms with Gasteiger partial charge in [-0.25, -0.2) is 0 Å². The first-order valence-electron chi connectivity index (χ1n) is 7.81. The highest BCUT2D eigenvalue weighted by Gasteiger charge is 2.33. The molecule has 142 valence electrons. The van der Waals surface area contributed by atoms with Crippen LogP contribution in [0.15, 0.2) is 57.6 Å². The number of hydrogen-bond acceptors (Lipinski definition) is 7. The van der Waals surface area contributed by atoms with Gasteiger partial charge in [-0.3, -0.25) is 14.5 Å². The molecule has 2 aromatic rings. The highest BCUT2D eigenvalue weighted by molar-refractivity contribution is 8.26. The van der Waals surface area contributed by atoms with Crippen LogP contribution in [0.25, 0.3) is 6.08 Å². The molecule has 1 amide bonds. The number of carbonyl (C=O) groups excluding carboxylic acids is 1. The lowest BCUT2D eigenvalue weighted by molar-refractivity contribution is -0.140. The predicted octanol–water partition coefficient (Wildman–Crippen LogP) is 4.75. The number of aliphatic carboxylic acids is 1. The molecule has 0 unspecified atom stereocenters. The second kappa shape index (κ2) is 8.51. The van der Waals surface area contributed by atoms with Gasteiger partial charge < -0.3 is 10.2 Å². The number of aromatic hydroxyl groups is 1. The van der Waals surface area contributed by atoms with Crippen LogP contribution in [0.3, 0.4) is 0 Å². The van der Waals surface area contributed by atoms with Crippen LogP contribution in [-0.2, 0) is 9.59 Å². The van der Waals surface area contributed by atoms with Gasteiger partial charge in [0.2, 0.25) is 0 Å². The van der Waals surface area contributed by atoms with Crippen molar-refractivity contribution in [1.29, 1.82) is 0 Å². The standard InChI is InChI=1S/C18H12ClN3O4S2/c19-11-2-1-3-12(8-11)20-21-13-4-5-14(23)10(6-13)7-15-17(26)22(9-16(24)25)18(27)28-15/h1-8,23H,9H2,(H,24,25)/b15-7-,21-20?. The molecule has 0 aromatic heterocycles. The molecule has 0 bridgehead atoms. The Balaban J connectivity index is 1.86. The minimum Gasteiger partial charge on any atom is -0.507 e. The van der Waals surface area contributed by atoms with Crippen molar-refractivity contribution in [2.45, 2.75) is 0 Å². The molecule has 10 heteroatoms. The van der Waals surface area contributed by atoms with Crippen LogP contribution in [-0.4, -0.2) is 37.9 Å². The number of carbonyl (C=O) groups is 2. The molecule has 0 spiro atoms. The van der Waals surface area contributed by atoms with E-state index in [2.05, 4.69) is 10.2 Å². The first-order chi connectivity index (χ1) is 13.3. The minimum atomic E-state index is -1.16. The third-order valence-corrected chi connectivity index (χ3v) is 5.17. The molecule has 1 fully saturated rings. The monoisotopic (exact) mass is 433 g/mol. The average molecular weight is 434 g/mol. The fourth-order valence-electron chi connectivity index (χ4n) is 2.29. The molecule has 0 radical (unpaired) electrons. The van der Waals surface area contributed by atoms with Crippen molar-refractivity contribution >= 4 is 69.2 Å². The Hall–Kier alpha value is -2.75. The van der Waals surface area contributed by atoms with Gasteiger partial charge in [0.15, 0.2) is 0 Å². The number of amides is 1. The van der Waals surface area contributed by atoms with E-state index in [0.29, 0.717) is 22.0 Å². The maximum Gasteiger partial charge on any atom is 0.323 e. The molecule has 28 heavy (non-hydrogen) atoms. The summed E-state index contributed by atoms with van der Waals surface area (Å²) in [6, 6.07) is 11.4. The number of phenols is 1. The normalized spacial score (nSPS) is 15.8. The van der Waals surface area contributed by atoms with E-state index in [-0.39, 0.29) is 15.0 Å². The average Bonchev–Trinajstić information content (AvgIpc) is 2.89. The zero-order valence-electron chi connectivity index (χ0n) is 14.1. The molecule has 0 saturated carbocycles. The molecule has 1 aliphatic rings. The number of thiocarbonyl (C=S) groups is 1. The quantitative estimate of drug-likeness (QED) is 0.401. The number of benzene rings is 2. The summed E-state index contributed by atoms with van der Waals surface area (Å²) in [5.74, 6) is -1.75. The number of carboxylic acid groups (broad SMARTS) is 1. The van der Waals surface area contributed by atoms with Gasteiger partial charge in [-0.1, -0.05) is 41.6 Å². The third kappa shape index (κ3) is 4.75. The number of hydrogen-bond donors (Lipinski definition) is 2. The van der Waals surface area contributed by atoms with Crippen molar-refractivity contribution in [2.24, 2.45) is 10.2 Å². The summed E-state index contributed by atoms with van der Waals surface area (Å²) in [4.78, 5) is 24.4. The van der Waals surface area contributed by atoms with Gasteiger partial charge in [0, 0.05) is 10.6 Å². The van der Waals surface area contributed by atoms with Gasteiger partial charge >= 0.3 is 5.97 Å². The largest absolute Gasteiger partial charge is 0.507 e. The zero-order chi connectivity index (χ0) is 20.3. The first-order valence-corrected chi connectivity index (χ1v) is 9.41. The molecule has 1 aliphatic heterocycles. The summed E-state index contributed by atoms with van der Waals surface area (Å²) in [5, 5.41) is 27.7. The van der Waals surface area contributed by atoms with E-state index in [1.807, 2.05) is 0 Å². The fraction of sp³-hybridized carbons (Fsp3) is 0.0556. The zero-order valence-corrected chi connectivity index (χ0v) is 16.5. The summed E-state index contributed by atoms with van der Waals surface area (Å²) in [6.45, 7) is -0.512. The second-order valence-electron chi connectivity index (χ2n) is 5.58. The lowest BCUT2D eigenvalue weighted by Crippen LogP contribution is -2.33. The lowest BCUT2D eigenvalue weighted by Gasteiger charge is -2.10. The Labute approximate surface area is 174 Å². The summed E-state index contributed by atoms with van der Waals surface area (Å²) in [6.07, 6.45) is 1.44. The van der Waals surface area contributed by atoms with Crippen LogP contribution >= 0.6 is 35.6 Å². The van der Waals surface area contributed by atoms with E-state index < -0.39 is 18.4 Å². The Morgan fingerprint density at radius 3 is 2.61 bits per heavy atom. The van der Waals surface area contributed by atoms with Crippen molar-refractivity contribution in [2.75, 3.05) is 6.54 Å². The Morgan fingerprint density at radius 1 is 1.21 bits per heavy atom. The molecule has 2 N–H and O–H groups in total. The number of rotatable bonds is 5. The number of nitrogens with zero attached hydrogens (tertiary/aromatic N) is 3. The molecule has 0 atom stereocenters. The number of thioether (sulfide) groups is 1. The minimum absolute atomic E-state index is 0.0646. The van der Waals surface area contributed by atoms with E-state index in [4.69, 9.17) is 28.9 Å². The fourth-order valence-corrected chi connectivity index (χ4v) is 3.72. The van der Waals surface area contributed by atoms with E-state index in [1.54, 1.807) is 36.4 Å². The maximum atomic E-state index is 12.3.